The van der Waals surface area contributed by atoms with Gasteiger partial charge in [-0.3, -0.25) is 9.69 Å². The molecule has 0 bridgehead atoms. The average Bonchev–Trinajstić information content (AvgIpc) is 3.08. The Kier molecular flexibility index (Phi) is 6.32. The fraction of sp³-hybridized carbons (Fsp3) is 0.524. The highest BCUT2D eigenvalue weighted by Crippen LogP contribution is 2.37. The molecule has 0 radical (unpaired) electrons. The number of likely N-dealkylation sites (tertiary alicyclic amines) is 1. The van der Waals surface area contributed by atoms with Crippen molar-refractivity contribution in [1.29, 1.82) is 0 Å². The summed E-state index contributed by atoms with van der Waals surface area (Å²) in [6.07, 6.45) is 0.747. The lowest BCUT2D eigenvalue weighted by molar-refractivity contribution is -0.145. The van der Waals surface area contributed by atoms with Gasteiger partial charge in [0.2, 0.25) is 5.88 Å². The van der Waals surface area contributed by atoms with Gasteiger partial charge in [0.05, 0.1) is 23.6 Å². The summed E-state index contributed by atoms with van der Waals surface area (Å²) in [5.74, 6) is -0.149. The number of hydrogen-bond acceptors (Lipinski definition) is 5. The van der Waals surface area contributed by atoms with Crippen molar-refractivity contribution in [2.45, 2.75) is 33.7 Å². The first kappa shape index (κ1) is 21.1. The Labute approximate surface area is 175 Å². The lowest BCUT2D eigenvalue weighted by Gasteiger charge is -2.42. The van der Waals surface area contributed by atoms with Crippen LogP contribution < -0.4 is 4.74 Å². The molecule has 2 aromatic heterocycles. The fourth-order valence-corrected chi connectivity index (χ4v) is 4.86. The van der Waals surface area contributed by atoms with Crippen LogP contribution in [-0.2, 0) is 11.3 Å². The van der Waals surface area contributed by atoms with Gasteiger partial charge in [-0.15, -0.1) is 11.3 Å². The normalized spacial score (nSPS) is 20.9. The molecule has 152 valence electrons. The summed E-state index contributed by atoms with van der Waals surface area (Å²) < 4.78 is 5.21. The third-order valence-corrected chi connectivity index (χ3v) is 6.68. The number of carbonyl (C=O) groups is 1. The molecule has 2 aromatic rings. The topological polar surface area (TPSA) is 62.7 Å². The maximum atomic E-state index is 11.6. The first-order valence-electron chi connectivity index (χ1n) is 9.41. The van der Waals surface area contributed by atoms with Gasteiger partial charge in [0.1, 0.15) is 0 Å². The minimum atomic E-state index is -0.693. The highest BCUT2D eigenvalue weighted by Gasteiger charge is 2.37. The smallest absolute Gasteiger partial charge is 0.307 e. The predicted octanol–water partition coefficient (Wildman–Crippen LogP) is 5.04. The van der Waals surface area contributed by atoms with E-state index in [0.29, 0.717) is 23.4 Å². The molecule has 0 amide bonds. The van der Waals surface area contributed by atoms with Gasteiger partial charge in [0.25, 0.3) is 0 Å². The highest BCUT2D eigenvalue weighted by atomic mass is 35.5. The van der Waals surface area contributed by atoms with Crippen molar-refractivity contribution < 1.29 is 14.6 Å². The summed E-state index contributed by atoms with van der Waals surface area (Å²) >= 11 is 7.83. The second-order valence-corrected chi connectivity index (χ2v) is 10.1. The minimum Gasteiger partial charge on any atom is -0.481 e. The number of nitrogens with zero attached hydrogens (tertiary/aromatic N) is 2. The summed E-state index contributed by atoms with van der Waals surface area (Å²) in [6, 6.07) is 7.65. The first-order chi connectivity index (χ1) is 13.2. The number of thiophene rings is 1. The third-order valence-electron chi connectivity index (χ3n) is 5.37. The van der Waals surface area contributed by atoms with Gasteiger partial charge >= 0.3 is 5.97 Å². The number of ether oxygens (including phenoxy) is 1. The molecule has 5 nitrogen and oxygen atoms in total. The quantitative estimate of drug-likeness (QED) is 0.731. The first-order valence-corrected chi connectivity index (χ1v) is 10.6. The second kappa shape index (κ2) is 8.39. The fourth-order valence-electron chi connectivity index (χ4n) is 3.65. The number of aromatic nitrogens is 1. The van der Waals surface area contributed by atoms with Crippen LogP contribution in [0.25, 0.3) is 10.6 Å². The number of carboxylic acid groups (broad SMARTS) is 1. The van der Waals surface area contributed by atoms with Crippen LogP contribution in [0, 0.1) is 17.3 Å². The molecule has 28 heavy (non-hydrogen) atoms. The number of aliphatic carboxylic acids is 1. The minimum absolute atomic E-state index is 0.0915. The van der Waals surface area contributed by atoms with Crippen molar-refractivity contribution >= 4 is 28.9 Å². The van der Waals surface area contributed by atoms with E-state index < -0.39 is 5.97 Å². The van der Waals surface area contributed by atoms with Crippen LogP contribution in [0.4, 0.5) is 0 Å². The van der Waals surface area contributed by atoms with E-state index in [1.807, 2.05) is 12.1 Å². The molecule has 1 N–H and O–H groups in total. The molecule has 2 unspecified atom stereocenters. The Morgan fingerprint density at radius 1 is 1.36 bits per heavy atom. The van der Waals surface area contributed by atoms with Gasteiger partial charge in [0.15, 0.2) is 0 Å². The summed E-state index contributed by atoms with van der Waals surface area (Å²) in [5, 5.41) is 10.2. The molecule has 7 heteroatoms. The Hall–Kier alpha value is -1.63. The molecule has 1 saturated heterocycles. The van der Waals surface area contributed by atoms with Crippen molar-refractivity contribution in [2.75, 3.05) is 20.2 Å². The van der Waals surface area contributed by atoms with Gasteiger partial charge in [-0.25, -0.2) is 4.98 Å². The predicted molar refractivity (Wildman–Crippen MR) is 113 cm³/mol. The summed E-state index contributed by atoms with van der Waals surface area (Å²) in [5.41, 5.74) is 0.879. The lowest BCUT2D eigenvalue weighted by atomic mass is 9.73. The number of pyridine rings is 1. The van der Waals surface area contributed by atoms with Crippen LogP contribution in [0.2, 0.25) is 5.02 Å². The van der Waals surface area contributed by atoms with Crippen LogP contribution in [0.5, 0.6) is 5.88 Å². The molecule has 3 heterocycles. The van der Waals surface area contributed by atoms with Gasteiger partial charge in [-0.2, -0.15) is 0 Å². The maximum absolute atomic E-state index is 11.6. The molecule has 0 saturated carbocycles. The molecule has 1 aliphatic rings. The maximum Gasteiger partial charge on any atom is 0.307 e. The van der Waals surface area contributed by atoms with E-state index in [9.17, 15) is 9.90 Å². The zero-order chi connectivity index (χ0) is 20.5. The number of piperidine rings is 1. The molecule has 1 fully saturated rings. The van der Waals surface area contributed by atoms with Crippen molar-refractivity contribution in [3.8, 4) is 16.5 Å². The number of hydrogen-bond donors (Lipinski definition) is 1. The van der Waals surface area contributed by atoms with Crippen LogP contribution in [-0.4, -0.2) is 41.2 Å². The highest BCUT2D eigenvalue weighted by molar-refractivity contribution is 7.15. The van der Waals surface area contributed by atoms with Crippen molar-refractivity contribution in [3.05, 3.63) is 34.2 Å². The SMILES string of the molecule is COc1cc(Cl)cc(-c2ccc(CN3CC(C(=O)O)CC(C(C)(C)C)C3)s2)n1. The van der Waals surface area contributed by atoms with Crippen LogP contribution in [0.1, 0.15) is 32.1 Å². The molecule has 0 aliphatic carbocycles. The van der Waals surface area contributed by atoms with E-state index in [2.05, 4.69) is 36.7 Å². The van der Waals surface area contributed by atoms with E-state index in [-0.39, 0.29) is 11.3 Å². The lowest BCUT2D eigenvalue weighted by Crippen LogP contribution is -2.46. The van der Waals surface area contributed by atoms with Gasteiger partial charge in [-0.1, -0.05) is 32.4 Å². The molecule has 0 spiro atoms. The van der Waals surface area contributed by atoms with Gasteiger partial charge in [0, 0.05) is 35.6 Å². The van der Waals surface area contributed by atoms with Crippen molar-refractivity contribution in [2.24, 2.45) is 17.3 Å². The van der Waals surface area contributed by atoms with Crippen molar-refractivity contribution in [1.82, 2.24) is 9.88 Å². The number of halogens is 1. The van der Waals surface area contributed by atoms with Gasteiger partial charge < -0.3 is 9.84 Å². The number of carboxylic acids is 1. The Balaban J connectivity index is 1.76. The summed E-state index contributed by atoms with van der Waals surface area (Å²) in [4.78, 5) is 20.6. The standard InChI is InChI=1S/C21H27ClN2O3S/c1-21(2,3)14-7-13(20(25)26)10-24(11-14)12-16-5-6-18(28-16)17-8-15(22)9-19(23-17)27-4/h5-6,8-9,13-14H,7,10-12H2,1-4H3,(H,25,26). The Bertz CT molecular complexity index is 846. The monoisotopic (exact) mass is 422 g/mol. The second-order valence-electron chi connectivity index (χ2n) is 8.51. The van der Waals surface area contributed by atoms with Crippen molar-refractivity contribution in [3.63, 3.8) is 0 Å². The molecular weight excluding hydrogens is 396 g/mol. The van der Waals surface area contributed by atoms with Crippen LogP contribution in [0.15, 0.2) is 24.3 Å². The third kappa shape index (κ3) is 5.04. The Morgan fingerprint density at radius 3 is 2.75 bits per heavy atom. The summed E-state index contributed by atoms with van der Waals surface area (Å²) in [7, 11) is 1.57. The van der Waals surface area contributed by atoms with E-state index in [1.165, 1.54) is 4.88 Å². The molecule has 1 aliphatic heterocycles. The number of methoxy groups -OCH3 is 1. The van der Waals surface area contributed by atoms with Crippen LogP contribution >= 0.6 is 22.9 Å². The van der Waals surface area contributed by atoms with Gasteiger partial charge in [-0.05, 0) is 36.0 Å². The molecule has 2 atom stereocenters. The Morgan fingerprint density at radius 2 is 2.11 bits per heavy atom. The largest absolute Gasteiger partial charge is 0.481 e. The molecular formula is C21H27ClN2O3S. The van der Waals surface area contributed by atoms with E-state index >= 15 is 0 Å². The zero-order valence-electron chi connectivity index (χ0n) is 16.7. The van der Waals surface area contributed by atoms with Crippen LogP contribution in [0.3, 0.4) is 0 Å². The number of rotatable bonds is 5. The van der Waals surface area contributed by atoms with E-state index in [1.54, 1.807) is 24.5 Å². The zero-order valence-corrected chi connectivity index (χ0v) is 18.3. The average molecular weight is 423 g/mol. The molecule has 0 aromatic carbocycles. The molecule has 3 rings (SSSR count). The van der Waals surface area contributed by atoms with E-state index in [0.717, 1.165) is 30.1 Å². The summed E-state index contributed by atoms with van der Waals surface area (Å²) in [6.45, 7) is 8.85. The van der Waals surface area contributed by atoms with E-state index in [4.69, 9.17) is 16.3 Å².